The molecule has 0 atom stereocenters. The van der Waals surface area contributed by atoms with E-state index in [0.29, 0.717) is 5.95 Å². The van der Waals surface area contributed by atoms with Gasteiger partial charge in [0.15, 0.2) is 0 Å². The normalized spacial score (nSPS) is 11.8. The number of nitrogens with zero attached hydrogens (tertiary/aromatic N) is 4. The Morgan fingerprint density at radius 1 is 0.327 bits per heavy atom. The van der Waals surface area contributed by atoms with E-state index in [-0.39, 0.29) is 0 Å². The quantitative estimate of drug-likeness (QED) is 0.176. The summed E-state index contributed by atoms with van der Waals surface area (Å²) in [4.78, 5) is 10.6. The number of fused-ring (bicyclic) bond motifs is 8. The first-order valence-electron chi connectivity index (χ1n) is 17.7. The summed E-state index contributed by atoms with van der Waals surface area (Å²) in [6, 6.07) is 64.9. The molecule has 8 aromatic carbocycles. The molecule has 0 N–H and O–H groups in total. The fraction of sp³-hybridized carbons (Fsp3) is 0. The van der Waals surface area contributed by atoms with E-state index >= 15 is 0 Å². The third kappa shape index (κ3) is 4.34. The lowest BCUT2D eigenvalue weighted by molar-refractivity contribution is 1.01. The van der Waals surface area contributed by atoms with Gasteiger partial charge in [0.2, 0.25) is 5.95 Å². The Hall–Kier alpha value is -7.04. The van der Waals surface area contributed by atoms with Crippen LogP contribution in [0.1, 0.15) is 0 Å². The number of benzene rings is 8. The Balaban J connectivity index is 1.13. The molecule has 52 heavy (non-hydrogen) atoms. The maximum absolute atomic E-state index is 5.34. The molecule has 0 saturated carbocycles. The largest absolute Gasteiger partial charge is 0.309 e. The molecule has 11 aromatic rings. The standard InChI is InChI=1S/C48H30N4/c1-3-13-31(14-4-1)47-41-29-32-15-7-8-16-33(32)30-42(41)49-48(50-47)52-44-22-12-10-20-38(44)40-28-35(24-26-46(40)52)34-23-25-45-39(27-34)37-19-9-11-21-43(37)51(45)36-17-5-2-6-18-36/h1-30H. The highest BCUT2D eigenvalue weighted by molar-refractivity contribution is 6.13. The van der Waals surface area contributed by atoms with Crippen LogP contribution in [0.5, 0.6) is 0 Å². The molecule has 0 spiro atoms. The summed E-state index contributed by atoms with van der Waals surface area (Å²) in [6.45, 7) is 0. The summed E-state index contributed by atoms with van der Waals surface area (Å²) >= 11 is 0. The van der Waals surface area contributed by atoms with E-state index in [1.54, 1.807) is 0 Å². The minimum absolute atomic E-state index is 0.663. The van der Waals surface area contributed by atoms with Crippen LogP contribution in [0.4, 0.5) is 0 Å². The highest BCUT2D eigenvalue weighted by atomic mass is 15.2. The lowest BCUT2D eigenvalue weighted by Crippen LogP contribution is -2.03. The average molecular weight is 663 g/mol. The van der Waals surface area contributed by atoms with Crippen molar-refractivity contribution < 1.29 is 0 Å². The van der Waals surface area contributed by atoms with Crippen LogP contribution in [0.3, 0.4) is 0 Å². The molecule has 4 nitrogen and oxygen atoms in total. The van der Waals surface area contributed by atoms with Crippen molar-refractivity contribution in [2.45, 2.75) is 0 Å². The highest BCUT2D eigenvalue weighted by Gasteiger charge is 2.19. The van der Waals surface area contributed by atoms with E-state index in [2.05, 4.69) is 185 Å². The summed E-state index contributed by atoms with van der Waals surface area (Å²) in [6.07, 6.45) is 0. The number of hydrogen-bond acceptors (Lipinski definition) is 2. The Morgan fingerprint density at radius 2 is 0.846 bits per heavy atom. The molecule has 0 fully saturated rings. The molecule has 0 aliphatic carbocycles. The van der Waals surface area contributed by atoms with Crippen LogP contribution in [0.2, 0.25) is 0 Å². The summed E-state index contributed by atoms with van der Waals surface area (Å²) in [7, 11) is 0. The molecule has 242 valence electrons. The van der Waals surface area contributed by atoms with Gasteiger partial charge in [-0.25, -0.2) is 9.97 Å². The minimum atomic E-state index is 0.663. The third-order valence-corrected chi connectivity index (χ3v) is 10.5. The van der Waals surface area contributed by atoms with Crippen LogP contribution in [-0.4, -0.2) is 19.1 Å². The molecule has 11 rings (SSSR count). The maximum atomic E-state index is 5.34. The number of para-hydroxylation sites is 3. The highest BCUT2D eigenvalue weighted by Crippen LogP contribution is 2.39. The zero-order chi connectivity index (χ0) is 34.2. The Bertz CT molecular complexity index is 3170. The van der Waals surface area contributed by atoms with Gasteiger partial charge in [-0.2, -0.15) is 0 Å². The van der Waals surface area contributed by atoms with Gasteiger partial charge in [-0.05, 0) is 82.6 Å². The Kier molecular flexibility index (Phi) is 6.22. The van der Waals surface area contributed by atoms with Crippen molar-refractivity contribution in [2.24, 2.45) is 0 Å². The second kappa shape index (κ2) is 11.2. The predicted octanol–water partition coefficient (Wildman–Crippen LogP) is 12.3. The first-order chi connectivity index (χ1) is 25.8. The lowest BCUT2D eigenvalue weighted by Gasteiger charge is -2.13. The molecule has 0 saturated heterocycles. The maximum Gasteiger partial charge on any atom is 0.235 e. The molecule has 0 bridgehead atoms. The lowest BCUT2D eigenvalue weighted by atomic mass is 10.0. The fourth-order valence-electron chi connectivity index (χ4n) is 8.10. The molecule has 0 aliphatic rings. The van der Waals surface area contributed by atoms with E-state index < -0.39 is 0 Å². The molecule has 0 radical (unpaired) electrons. The summed E-state index contributed by atoms with van der Waals surface area (Å²) in [5.41, 5.74) is 11.0. The smallest absolute Gasteiger partial charge is 0.235 e. The zero-order valence-electron chi connectivity index (χ0n) is 28.1. The van der Waals surface area contributed by atoms with Crippen molar-refractivity contribution in [3.63, 3.8) is 0 Å². The Morgan fingerprint density at radius 3 is 1.52 bits per heavy atom. The summed E-state index contributed by atoms with van der Waals surface area (Å²) in [5.74, 6) is 0.663. The zero-order valence-corrected chi connectivity index (χ0v) is 28.1. The topological polar surface area (TPSA) is 35.6 Å². The van der Waals surface area contributed by atoms with Gasteiger partial charge >= 0.3 is 0 Å². The third-order valence-electron chi connectivity index (χ3n) is 10.5. The van der Waals surface area contributed by atoms with E-state index in [1.807, 2.05) is 6.07 Å². The van der Waals surface area contributed by atoms with Gasteiger partial charge in [-0.15, -0.1) is 0 Å². The van der Waals surface area contributed by atoms with E-state index in [0.717, 1.165) is 44.3 Å². The van der Waals surface area contributed by atoms with Crippen LogP contribution in [0.25, 0.3) is 99.3 Å². The molecule has 0 amide bonds. The fourth-order valence-corrected chi connectivity index (χ4v) is 8.10. The van der Waals surface area contributed by atoms with Crippen molar-refractivity contribution in [1.29, 1.82) is 0 Å². The van der Waals surface area contributed by atoms with E-state index in [9.17, 15) is 0 Å². The molecule has 0 aliphatic heterocycles. The summed E-state index contributed by atoms with van der Waals surface area (Å²) < 4.78 is 4.59. The van der Waals surface area contributed by atoms with Gasteiger partial charge in [-0.3, -0.25) is 4.57 Å². The van der Waals surface area contributed by atoms with Crippen molar-refractivity contribution in [2.75, 3.05) is 0 Å². The summed E-state index contributed by atoms with van der Waals surface area (Å²) in [5, 5.41) is 8.21. The van der Waals surface area contributed by atoms with Gasteiger partial charge in [0.1, 0.15) is 0 Å². The monoisotopic (exact) mass is 662 g/mol. The molecule has 4 heteroatoms. The van der Waals surface area contributed by atoms with Crippen molar-refractivity contribution in [3.05, 3.63) is 182 Å². The van der Waals surface area contributed by atoms with Crippen LogP contribution in [0, 0.1) is 0 Å². The number of hydrogen-bond donors (Lipinski definition) is 0. The Labute approximate surface area is 299 Å². The van der Waals surface area contributed by atoms with Crippen LogP contribution >= 0.6 is 0 Å². The second-order valence-electron chi connectivity index (χ2n) is 13.5. The van der Waals surface area contributed by atoms with Crippen molar-refractivity contribution in [1.82, 2.24) is 19.1 Å². The van der Waals surface area contributed by atoms with E-state index in [4.69, 9.17) is 9.97 Å². The van der Waals surface area contributed by atoms with Gasteiger partial charge < -0.3 is 4.57 Å². The van der Waals surface area contributed by atoms with Crippen LogP contribution in [-0.2, 0) is 0 Å². The first-order valence-corrected chi connectivity index (χ1v) is 17.7. The number of rotatable bonds is 4. The molecular weight excluding hydrogens is 633 g/mol. The van der Waals surface area contributed by atoms with Crippen LogP contribution in [0.15, 0.2) is 182 Å². The van der Waals surface area contributed by atoms with Gasteiger partial charge in [0, 0.05) is 38.2 Å². The number of aromatic nitrogens is 4. The minimum Gasteiger partial charge on any atom is -0.309 e. The molecular formula is C48H30N4. The second-order valence-corrected chi connectivity index (χ2v) is 13.5. The van der Waals surface area contributed by atoms with Gasteiger partial charge in [-0.1, -0.05) is 121 Å². The van der Waals surface area contributed by atoms with Crippen molar-refractivity contribution in [3.8, 4) is 34.0 Å². The average Bonchev–Trinajstić information content (AvgIpc) is 3.72. The SMILES string of the molecule is c1ccc(-c2nc(-n3c4ccccc4c4cc(-c5ccc6c(c5)c5ccccc5n6-c5ccccc5)ccc43)nc3cc4ccccc4cc23)cc1. The molecule has 0 unspecified atom stereocenters. The van der Waals surface area contributed by atoms with E-state index in [1.165, 1.54) is 49.1 Å². The predicted molar refractivity (Wildman–Crippen MR) is 217 cm³/mol. The van der Waals surface area contributed by atoms with Gasteiger partial charge in [0.05, 0.1) is 33.3 Å². The molecule has 3 aromatic heterocycles. The van der Waals surface area contributed by atoms with Gasteiger partial charge in [0.25, 0.3) is 0 Å². The van der Waals surface area contributed by atoms with Crippen molar-refractivity contribution >= 4 is 65.3 Å². The first kappa shape index (κ1) is 28.8. The van der Waals surface area contributed by atoms with Crippen LogP contribution < -0.4 is 0 Å². The molecule has 3 heterocycles.